The second-order valence-electron chi connectivity index (χ2n) is 4.48. The summed E-state index contributed by atoms with van der Waals surface area (Å²) in [6, 6.07) is 7.05. The van der Waals surface area contributed by atoms with E-state index in [0.29, 0.717) is 5.69 Å². The lowest BCUT2D eigenvalue weighted by atomic mass is 10.3. The standard InChI is InChI=1S/C16H18N4O/c1-3-5-15-16(4-2)20(12-18-15)11-10-17-13-6-8-14(19-21)9-7-13/h3-9,12,17H,2,10-11H2,1H3/b5-3-. The second-order valence-corrected chi connectivity index (χ2v) is 4.48. The quantitative estimate of drug-likeness (QED) is 0.779. The molecule has 0 radical (unpaired) electrons. The molecule has 5 heteroatoms. The van der Waals surface area contributed by atoms with Gasteiger partial charge >= 0.3 is 0 Å². The number of nitrogens with zero attached hydrogens (tertiary/aromatic N) is 3. The Hall–Kier alpha value is -2.69. The second kappa shape index (κ2) is 7.19. The molecule has 2 aromatic rings. The maximum Gasteiger partial charge on any atom is 0.108 e. The van der Waals surface area contributed by atoms with Gasteiger partial charge in [0, 0.05) is 18.8 Å². The molecule has 0 unspecified atom stereocenters. The number of hydrogen-bond acceptors (Lipinski definition) is 4. The van der Waals surface area contributed by atoms with Crippen LogP contribution in [0.5, 0.6) is 0 Å². The van der Waals surface area contributed by atoms with Gasteiger partial charge in [-0.15, -0.1) is 4.91 Å². The van der Waals surface area contributed by atoms with Crippen LogP contribution in [0.4, 0.5) is 11.4 Å². The molecule has 1 heterocycles. The monoisotopic (exact) mass is 282 g/mol. The number of nitroso groups, excluding NO2 is 1. The summed E-state index contributed by atoms with van der Waals surface area (Å²) >= 11 is 0. The maximum atomic E-state index is 10.3. The van der Waals surface area contributed by atoms with Crippen LogP contribution in [0.15, 0.2) is 48.4 Å². The van der Waals surface area contributed by atoms with Gasteiger partial charge in [0.15, 0.2) is 0 Å². The van der Waals surface area contributed by atoms with E-state index < -0.39 is 0 Å². The van der Waals surface area contributed by atoms with Crippen LogP contribution in [0.25, 0.3) is 12.2 Å². The average Bonchev–Trinajstić information content (AvgIpc) is 2.90. The maximum absolute atomic E-state index is 10.3. The Morgan fingerprint density at radius 2 is 2.14 bits per heavy atom. The fraction of sp³-hybridized carbons (Fsp3) is 0.188. The molecule has 0 fully saturated rings. The van der Waals surface area contributed by atoms with Crippen LogP contribution in [-0.4, -0.2) is 16.1 Å². The van der Waals surface area contributed by atoms with Gasteiger partial charge in [0.25, 0.3) is 0 Å². The SMILES string of the molecule is C=Cc1c(/C=C\C)ncn1CCNc1ccc(N=O)cc1. The fourth-order valence-corrected chi connectivity index (χ4v) is 2.05. The zero-order chi connectivity index (χ0) is 15.1. The summed E-state index contributed by atoms with van der Waals surface area (Å²) in [5.41, 5.74) is 3.32. The minimum atomic E-state index is 0.431. The molecule has 0 saturated carbocycles. The predicted octanol–water partition coefficient (Wildman–Crippen LogP) is 4.07. The van der Waals surface area contributed by atoms with Crippen LogP contribution >= 0.6 is 0 Å². The first-order valence-corrected chi connectivity index (χ1v) is 6.76. The number of nitrogens with one attached hydrogen (secondary N) is 1. The van der Waals surface area contributed by atoms with E-state index in [0.717, 1.165) is 30.2 Å². The van der Waals surface area contributed by atoms with Gasteiger partial charge in [0.05, 0.1) is 17.7 Å². The molecule has 0 atom stereocenters. The van der Waals surface area contributed by atoms with Crippen LogP contribution in [0.1, 0.15) is 18.3 Å². The van der Waals surface area contributed by atoms with Crippen molar-refractivity contribution in [3.8, 4) is 0 Å². The van der Waals surface area contributed by atoms with Gasteiger partial charge < -0.3 is 9.88 Å². The van der Waals surface area contributed by atoms with Crippen LogP contribution in [-0.2, 0) is 6.54 Å². The number of imidazole rings is 1. The minimum Gasteiger partial charge on any atom is -0.383 e. The van der Waals surface area contributed by atoms with Crippen molar-refractivity contribution < 1.29 is 0 Å². The summed E-state index contributed by atoms with van der Waals surface area (Å²) < 4.78 is 2.05. The van der Waals surface area contributed by atoms with Crippen molar-refractivity contribution in [3.63, 3.8) is 0 Å². The number of rotatable bonds is 7. The molecular weight excluding hydrogens is 264 g/mol. The Bertz CT molecular complexity index is 641. The highest BCUT2D eigenvalue weighted by atomic mass is 16.3. The number of aromatic nitrogens is 2. The predicted molar refractivity (Wildman–Crippen MR) is 87.4 cm³/mol. The molecule has 108 valence electrons. The molecule has 0 spiro atoms. The largest absolute Gasteiger partial charge is 0.383 e. The molecule has 21 heavy (non-hydrogen) atoms. The molecular formula is C16H18N4O. The summed E-state index contributed by atoms with van der Waals surface area (Å²) in [4.78, 5) is 14.7. The van der Waals surface area contributed by atoms with Crippen LogP contribution < -0.4 is 5.32 Å². The number of allylic oxidation sites excluding steroid dienone is 1. The van der Waals surface area contributed by atoms with E-state index in [1.165, 1.54) is 0 Å². The average molecular weight is 282 g/mol. The fourth-order valence-electron chi connectivity index (χ4n) is 2.05. The molecule has 0 aliphatic rings. The van der Waals surface area contributed by atoms with Crippen molar-refractivity contribution in [1.82, 2.24) is 9.55 Å². The Morgan fingerprint density at radius 3 is 2.76 bits per heavy atom. The van der Waals surface area contributed by atoms with E-state index in [1.807, 2.05) is 43.6 Å². The van der Waals surface area contributed by atoms with Gasteiger partial charge in [-0.05, 0) is 48.5 Å². The third-order valence-corrected chi connectivity index (χ3v) is 3.08. The molecule has 0 saturated heterocycles. The topological polar surface area (TPSA) is 59.3 Å². The first kappa shape index (κ1) is 14.7. The van der Waals surface area contributed by atoms with E-state index in [-0.39, 0.29) is 0 Å². The third kappa shape index (κ3) is 3.66. The van der Waals surface area contributed by atoms with Gasteiger partial charge in [-0.1, -0.05) is 12.7 Å². The number of anilines is 1. The number of hydrogen-bond donors (Lipinski definition) is 1. The summed E-state index contributed by atoms with van der Waals surface area (Å²) in [7, 11) is 0. The van der Waals surface area contributed by atoms with Crippen molar-refractivity contribution in [2.45, 2.75) is 13.5 Å². The Kier molecular flexibility index (Phi) is 5.04. The first-order chi connectivity index (χ1) is 10.3. The molecule has 2 rings (SSSR count). The smallest absolute Gasteiger partial charge is 0.108 e. The van der Waals surface area contributed by atoms with E-state index in [1.54, 1.807) is 12.1 Å². The van der Waals surface area contributed by atoms with Gasteiger partial charge in [-0.3, -0.25) is 0 Å². The number of benzene rings is 1. The Labute approximate surface area is 124 Å². The van der Waals surface area contributed by atoms with E-state index in [2.05, 4.69) is 26.6 Å². The molecule has 0 bridgehead atoms. The van der Waals surface area contributed by atoms with Gasteiger partial charge in [0.2, 0.25) is 0 Å². The molecule has 0 aliphatic carbocycles. The van der Waals surface area contributed by atoms with Crippen molar-refractivity contribution >= 4 is 23.5 Å². The van der Waals surface area contributed by atoms with Gasteiger partial charge in [-0.2, -0.15) is 0 Å². The molecule has 1 aromatic carbocycles. The molecule has 5 nitrogen and oxygen atoms in total. The zero-order valence-electron chi connectivity index (χ0n) is 12.0. The lowest BCUT2D eigenvalue weighted by molar-refractivity contribution is 0.721. The summed E-state index contributed by atoms with van der Waals surface area (Å²) in [5.74, 6) is 0. The lowest BCUT2D eigenvalue weighted by Crippen LogP contribution is -2.10. The van der Waals surface area contributed by atoms with E-state index >= 15 is 0 Å². The van der Waals surface area contributed by atoms with Crippen molar-refractivity contribution in [1.29, 1.82) is 0 Å². The molecule has 1 N–H and O–H groups in total. The summed E-state index contributed by atoms with van der Waals surface area (Å²) in [6.45, 7) is 7.33. The van der Waals surface area contributed by atoms with Crippen LogP contribution in [0.3, 0.4) is 0 Å². The minimum absolute atomic E-state index is 0.431. The molecule has 1 aromatic heterocycles. The highest BCUT2D eigenvalue weighted by molar-refractivity contribution is 5.58. The molecule has 0 aliphatic heterocycles. The highest BCUT2D eigenvalue weighted by Gasteiger charge is 2.04. The summed E-state index contributed by atoms with van der Waals surface area (Å²) in [6.07, 6.45) is 7.55. The third-order valence-electron chi connectivity index (χ3n) is 3.08. The van der Waals surface area contributed by atoms with E-state index in [4.69, 9.17) is 0 Å². The Balaban J connectivity index is 1.96. The Morgan fingerprint density at radius 1 is 1.38 bits per heavy atom. The highest BCUT2D eigenvalue weighted by Crippen LogP contribution is 2.16. The van der Waals surface area contributed by atoms with Gasteiger partial charge in [0.1, 0.15) is 5.69 Å². The zero-order valence-corrected chi connectivity index (χ0v) is 12.0. The van der Waals surface area contributed by atoms with Crippen molar-refractivity contribution in [3.05, 3.63) is 59.5 Å². The lowest BCUT2D eigenvalue weighted by Gasteiger charge is -2.09. The van der Waals surface area contributed by atoms with Crippen LogP contribution in [0, 0.1) is 4.91 Å². The van der Waals surface area contributed by atoms with Crippen molar-refractivity contribution in [2.24, 2.45) is 5.18 Å². The first-order valence-electron chi connectivity index (χ1n) is 6.76. The van der Waals surface area contributed by atoms with Crippen LogP contribution in [0.2, 0.25) is 0 Å². The van der Waals surface area contributed by atoms with Gasteiger partial charge in [-0.25, -0.2) is 4.98 Å². The normalized spacial score (nSPS) is 10.7. The van der Waals surface area contributed by atoms with Crippen molar-refractivity contribution in [2.75, 3.05) is 11.9 Å². The summed E-state index contributed by atoms with van der Waals surface area (Å²) in [5, 5.41) is 6.17. The van der Waals surface area contributed by atoms with E-state index in [9.17, 15) is 4.91 Å². The molecule has 0 amide bonds.